The van der Waals surface area contributed by atoms with Crippen molar-refractivity contribution in [1.29, 1.82) is 0 Å². The molecule has 0 aliphatic heterocycles. The highest BCUT2D eigenvalue weighted by atomic mass is 35.5. The van der Waals surface area contributed by atoms with Gasteiger partial charge in [0.05, 0.1) is 5.03 Å². The molecule has 138 valence electrons. The van der Waals surface area contributed by atoms with Crippen molar-refractivity contribution in [2.45, 2.75) is 63.4 Å². The van der Waals surface area contributed by atoms with Crippen LogP contribution in [0.2, 0.25) is 0 Å². The fraction of sp³-hybridized carbons (Fsp3) is 0.684. The molecule has 1 N–H and O–H groups in total. The van der Waals surface area contributed by atoms with Crippen molar-refractivity contribution in [3.05, 3.63) is 22.3 Å². The third-order valence-corrected chi connectivity index (χ3v) is 6.50. The zero-order valence-electron chi connectivity index (χ0n) is 14.4. The van der Waals surface area contributed by atoms with Crippen LogP contribution in [0.3, 0.4) is 0 Å². The second-order valence-corrected chi connectivity index (χ2v) is 8.73. The average Bonchev–Trinajstić information content (AvgIpc) is 3.12. The highest BCUT2D eigenvalue weighted by Gasteiger charge is 2.52. The summed E-state index contributed by atoms with van der Waals surface area (Å²) in [7, 11) is 0. The summed E-state index contributed by atoms with van der Waals surface area (Å²) >= 11 is 13.0. The summed E-state index contributed by atoms with van der Waals surface area (Å²) in [4.78, 5) is 23.7. The number of ether oxygens (including phenoxy) is 1. The van der Waals surface area contributed by atoms with Gasteiger partial charge in [0.25, 0.3) is 0 Å². The standard InChI is InChI=1S/C19H24Cl2O4/c1-18(13-5-2-3-6-13)9-12-10-19(21,25-8-4-7-15(22)23)11-14(20)16(12)17(18)24/h11,13H,2-10H2,1H3,(H,22,23). The van der Waals surface area contributed by atoms with Crippen molar-refractivity contribution in [1.82, 2.24) is 0 Å². The molecule has 0 aromatic heterocycles. The van der Waals surface area contributed by atoms with Gasteiger partial charge < -0.3 is 9.84 Å². The summed E-state index contributed by atoms with van der Waals surface area (Å²) in [6, 6.07) is 0. The number of hydrogen-bond acceptors (Lipinski definition) is 3. The van der Waals surface area contributed by atoms with Gasteiger partial charge in [0.2, 0.25) is 0 Å². The smallest absolute Gasteiger partial charge is 0.303 e. The van der Waals surface area contributed by atoms with E-state index >= 15 is 0 Å². The fourth-order valence-electron chi connectivity index (χ4n) is 4.54. The van der Waals surface area contributed by atoms with Crippen LogP contribution in [0.25, 0.3) is 0 Å². The van der Waals surface area contributed by atoms with Gasteiger partial charge in [-0.25, -0.2) is 0 Å². The number of Topliss-reactive ketones (excluding diaryl/α,β-unsaturated/α-hetero) is 1. The Morgan fingerprint density at radius 1 is 1.36 bits per heavy atom. The molecule has 1 saturated carbocycles. The molecule has 1 fully saturated rings. The Labute approximate surface area is 158 Å². The minimum atomic E-state index is -1.09. The molecule has 0 aromatic rings. The van der Waals surface area contributed by atoms with Gasteiger partial charge in [-0.15, -0.1) is 0 Å². The Hall–Kier alpha value is -0.840. The topological polar surface area (TPSA) is 63.6 Å². The Morgan fingerprint density at radius 2 is 2.04 bits per heavy atom. The molecular weight excluding hydrogens is 363 g/mol. The lowest BCUT2D eigenvalue weighted by atomic mass is 9.72. The fourth-order valence-corrected chi connectivity index (χ4v) is 5.34. The number of allylic oxidation sites excluding steroid dienone is 2. The molecule has 0 aromatic carbocycles. The highest BCUT2D eigenvalue weighted by Crippen LogP contribution is 2.55. The first-order valence-electron chi connectivity index (χ1n) is 8.95. The van der Waals surface area contributed by atoms with Crippen LogP contribution < -0.4 is 0 Å². The summed E-state index contributed by atoms with van der Waals surface area (Å²) < 4.78 is 5.72. The molecule has 0 spiro atoms. The molecule has 3 rings (SSSR count). The summed E-state index contributed by atoms with van der Waals surface area (Å²) in [5.74, 6) is -0.292. The highest BCUT2D eigenvalue weighted by molar-refractivity contribution is 6.38. The van der Waals surface area contributed by atoms with E-state index in [1.807, 2.05) is 0 Å². The maximum Gasteiger partial charge on any atom is 0.303 e. The van der Waals surface area contributed by atoms with Crippen LogP contribution in [0.15, 0.2) is 22.3 Å². The summed E-state index contributed by atoms with van der Waals surface area (Å²) in [6.45, 7) is 2.31. The van der Waals surface area contributed by atoms with E-state index in [1.54, 1.807) is 6.08 Å². The van der Waals surface area contributed by atoms with Crippen LogP contribution in [0.1, 0.15) is 58.3 Å². The van der Waals surface area contributed by atoms with Crippen LogP contribution in [0, 0.1) is 11.3 Å². The molecule has 3 aliphatic carbocycles. The lowest BCUT2D eigenvalue weighted by molar-refractivity contribution is -0.137. The predicted molar refractivity (Wildman–Crippen MR) is 96.7 cm³/mol. The number of ketones is 1. The maximum absolute atomic E-state index is 13.1. The van der Waals surface area contributed by atoms with E-state index in [1.165, 1.54) is 12.8 Å². The van der Waals surface area contributed by atoms with Gasteiger partial charge in [0.15, 0.2) is 10.8 Å². The second-order valence-electron chi connectivity index (χ2n) is 7.68. The van der Waals surface area contributed by atoms with Crippen molar-refractivity contribution < 1.29 is 19.4 Å². The number of carboxylic acid groups (broad SMARTS) is 1. The molecule has 6 heteroatoms. The van der Waals surface area contributed by atoms with Gasteiger partial charge in [-0.1, -0.05) is 48.5 Å². The van der Waals surface area contributed by atoms with Gasteiger partial charge >= 0.3 is 5.97 Å². The van der Waals surface area contributed by atoms with Crippen LogP contribution in [0.4, 0.5) is 0 Å². The minimum absolute atomic E-state index is 0.0383. The number of carbonyl (C=O) groups excluding carboxylic acids is 1. The maximum atomic E-state index is 13.1. The molecule has 0 amide bonds. The van der Waals surface area contributed by atoms with E-state index in [0.29, 0.717) is 35.8 Å². The number of aliphatic carboxylic acids is 1. The van der Waals surface area contributed by atoms with Crippen LogP contribution in [-0.4, -0.2) is 28.5 Å². The number of hydrogen-bond donors (Lipinski definition) is 1. The van der Waals surface area contributed by atoms with Crippen molar-refractivity contribution in [3.8, 4) is 0 Å². The molecule has 0 saturated heterocycles. The minimum Gasteiger partial charge on any atom is -0.481 e. The van der Waals surface area contributed by atoms with Crippen LogP contribution in [-0.2, 0) is 14.3 Å². The monoisotopic (exact) mass is 386 g/mol. The number of halogens is 2. The molecule has 25 heavy (non-hydrogen) atoms. The molecule has 0 bridgehead atoms. The number of carboxylic acids is 1. The molecule has 3 aliphatic rings. The van der Waals surface area contributed by atoms with Crippen molar-refractivity contribution in [2.75, 3.05) is 6.61 Å². The third-order valence-electron chi connectivity index (χ3n) is 5.85. The summed E-state index contributed by atoms with van der Waals surface area (Å²) in [5, 5.41) is 7.99. The van der Waals surface area contributed by atoms with E-state index in [-0.39, 0.29) is 24.2 Å². The molecule has 2 unspecified atom stereocenters. The number of rotatable bonds is 6. The van der Waals surface area contributed by atoms with Crippen LogP contribution in [0.5, 0.6) is 0 Å². The SMILES string of the molecule is CC1(C2CCCC2)CC2=C(C1=O)C(Cl)=CC(Cl)(OCCCC(=O)O)C2. The largest absolute Gasteiger partial charge is 0.481 e. The lowest BCUT2D eigenvalue weighted by Crippen LogP contribution is -2.31. The number of alkyl halides is 1. The van der Waals surface area contributed by atoms with Crippen LogP contribution >= 0.6 is 23.2 Å². The van der Waals surface area contributed by atoms with Gasteiger partial charge in [-0.2, -0.15) is 0 Å². The van der Waals surface area contributed by atoms with Crippen molar-refractivity contribution in [3.63, 3.8) is 0 Å². The van der Waals surface area contributed by atoms with E-state index in [2.05, 4.69) is 6.92 Å². The first-order chi connectivity index (χ1) is 11.8. The van der Waals surface area contributed by atoms with Gasteiger partial charge in [-0.3, -0.25) is 9.59 Å². The Kier molecular flexibility index (Phi) is 5.34. The van der Waals surface area contributed by atoms with Gasteiger partial charge in [0, 0.05) is 30.4 Å². The molecule has 2 atom stereocenters. The Balaban J connectivity index is 1.71. The lowest BCUT2D eigenvalue weighted by Gasteiger charge is -2.30. The predicted octanol–water partition coefficient (Wildman–Crippen LogP) is 4.80. The van der Waals surface area contributed by atoms with Crippen molar-refractivity contribution >= 4 is 35.0 Å². The summed E-state index contributed by atoms with van der Waals surface area (Å²) in [6.07, 6.45) is 7.74. The van der Waals surface area contributed by atoms with E-state index in [9.17, 15) is 9.59 Å². The Morgan fingerprint density at radius 3 is 2.68 bits per heavy atom. The molecule has 0 heterocycles. The average molecular weight is 387 g/mol. The zero-order valence-corrected chi connectivity index (χ0v) is 16.0. The van der Waals surface area contributed by atoms with E-state index in [4.69, 9.17) is 33.0 Å². The van der Waals surface area contributed by atoms with Crippen molar-refractivity contribution in [2.24, 2.45) is 11.3 Å². The summed E-state index contributed by atoms with van der Waals surface area (Å²) in [5.41, 5.74) is 1.25. The number of carbonyl (C=O) groups is 2. The quantitative estimate of drug-likeness (QED) is 0.526. The van der Waals surface area contributed by atoms with Gasteiger partial charge in [-0.05, 0) is 37.7 Å². The van der Waals surface area contributed by atoms with E-state index in [0.717, 1.165) is 18.4 Å². The second kappa shape index (κ2) is 7.05. The molecule has 4 nitrogen and oxygen atoms in total. The third kappa shape index (κ3) is 3.67. The first-order valence-corrected chi connectivity index (χ1v) is 9.71. The van der Waals surface area contributed by atoms with Gasteiger partial charge in [0.1, 0.15) is 0 Å². The first kappa shape index (κ1) is 18.9. The molecule has 0 radical (unpaired) electrons. The normalized spacial score (nSPS) is 32.9. The zero-order chi connectivity index (χ0) is 18.2. The Bertz CT molecular complexity index is 648. The van der Waals surface area contributed by atoms with E-state index < -0.39 is 11.0 Å². The molecular formula is C19H24Cl2O4.